The standard InChI is InChI=1S/C25H21N3O2/c1-18-9-8-14-21(17-18)26-24(29)27-22(19-10-4-2-5-11-19)15-16-23(28(27)25(26)30)20-12-6-3-7-13-20/h2-17,22-23H,1H3. The number of aromatic nitrogens is 3. The lowest BCUT2D eigenvalue weighted by Crippen LogP contribution is -2.36. The number of hydrogen-bond acceptors (Lipinski definition) is 2. The molecule has 0 saturated carbocycles. The van der Waals surface area contributed by atoms with E-state index < -0.39 is 0 Å². The van der Waals surface area contributed by atoms with Gasteiger partial charge in [0.25, 0.3) is 0 Å². The normalized spacial score (nSPS) is 17.6. The third-order valence-corrected chi connectivity index (χ3v) is 5.55. The van der Waals surface area contributed by atoms with Gasteiger partial charge in [-0.2, -0.15) is 0 Å². The topological polar surface area (TPSA) is 48.9 Å². The van der Waals surface area contributed by atoms with Gasteiger partial charge >= 0.3 is 11.4 Å². The highest BCUT2D eigenvalue weighted by molar-refractivity contribution is 5.36. The lowest BCUT2D eigenvalue weighted by atomic mass is 10.0. The first-order valence-electron chi connectivity index (χ1n) is 9.96. The molecule has 0 radical (unpaired) electrons. The number of allylic oxidation sites excluding steroid dienone is 2. The highest BCUT2D eigenvalue weighted by Gasteiger charge is 2.30. The molecule has 3 aromatic carbocycles. The molecule has 0 N–H and O–H groups in total. The summed E-state index contributed by atoms with van der Waals surface area (Å²) in [7, 11) is 0. The minimum Gasteiger partial charge on any atom is -0.245 e. The summed E-state index contributed by atoms with van der Waals surface area (Å²) < 4.78 is 4.43. The fourth-order valence-corrected chi connectivity index (χ4v) is 4.14. The van der Waals surface area contributed by atoms with Crippen LogP contribution >= 0.6 is 0 Å². The molecule has 2 atom stereocenters. The maximum absolute atomic E-state index is 13.6. The Balaban J connectivity index is 1.80. The first-order chi connectivity index (χ1) is 14.6. The van der Waals surface area contributed by atoms with Crippen molar-refractivity contribution in [3.63, 3.8) is 0 Å². The number of rotatable bonds is 3. The van der Waals surface area contributed by atoms with E-state index in [2.05, 4.69) is 0 Å². The van der Waals surface area contributed by atoms with Crippen LogP contribution in [-0.2, 0) is 0 Å². The molecule has 0 amide bonds. The molecule has 1 aliphatic rings. The molecule has 0 aliphatic carbocycles. The second kappa shape index (κ2) is 7.19. The molecule has 5 rings (SSSR count). The quantitative estimate of drug-likeness (QED) is 0.495. The van der Waals surface area contributed by atoms with Crippen molar-refractivity contribution >= 4 is 0 Å². The van der Waals surface area contributed by atoms with Crippen LogP contribution in [0.15, 0.2) is 107 Å². The Bertz CT molecular complexity index is 1260. The van der Waals surface area contributed by atoms with Gasteiger partial charge in [-0.3, -0.25) is 0 Å². The average molecular weight is 395 g/mol. The van der Waals surface area contributed by atoms with E-state index in [1.54, 1.807) is 15.4 Å². The summed E-state index contributed by atoms with van der Waals surface area (Å²) in [4.78, 5) is 27.2. The number of aryl methyl sites for hydroxylation is 1. The molecule has 0 fully saturated rings. The van der Waals surface area contributed by atoms with Crippen LogP contribution in [0.5, 0.6) is 0 Å². The zero-order valence-corrected chi connectivity index (χ0v) is 16.6. The highest BCUT2D eigenvalue weighted by Crippen LogP contribution is 2.28. The molecule has 148 valence electrons. The Morgan fingerprint density at radius 2 is 1.13 bits per heavy atom. The van der Waals surface area contributed by atoms with Crippen LogP contribution < -0.4 is 11.4 Å². The molecule has 1 aliphatic heterocycles. The Morgan fingerprint density at radius 1 is 0.633 bits per heavy atom. The predicted octanol–water partition coefficient (Wildman–Crippen LogP) is 3.86. The first-order valence-corrected chi connectivity index (χ1v) is 9.96. The molecular weight excluding hydrogens is 374 g/mol. The van der Waals surface area contributed by atoms with Gasteiger partial charge < -0.3 is 0 Å². The maximum Gasteiger partial charge on any atom is 0.352 e. The van der Waals surface area contributed by atoms with Crippen LogP contribution in [0, 0.1) is 6.92 Å². The second-order valence-electron chi connectivity index (χ2n) is 7.52. The third kappa shape index (κ3) is 2.87. The zero-order chi connectivity index (χ0) is 20.7. The van der Waals surface area contributed by atoms with Crippen molar-refractivity contribution in [2.24, 2.45) is 0 Å². The summed E-state index contributed by atoms with van der Waals surface area (Å²) in [6.07, 6.45) is 4.02. The fourth-order valence-electron chi connectivity index (χ4n) is 4.14. The smallest absolute Gasteiger partial charge is 0.245 e. The van der Waals surface area contributed by atoms with Gasteiger partial charge in [-0.15, -0.1) is 0 Å². The van der Waals surface area contributed by atoms with Crippen molar-refractivity contribution < 1.29 is 0 Å². The summed E-state index contributed by atoms with van der Waals surface area (Å²) in [6.45, 7) is 1.95. The molecule has 5 heteroatoms. The van der Waals surface area contributed by atoms with Crippen LogP contribution in [0.1, 0.15) is 28.8 Å². The molecule has 5 nitrogen and oxygen atoms in total. The van der Waals surface area contributed by atoms with Crippen LogP contribution in [0.2, 0.25) is 0 Å². The van der Waals surface area contributed by atoms with E-state index >= 15 is 0 Å². The molecule has 2 unspecified atom stereocenters. The van der Waals surface area contributed by atoms with Crippen molar-refractivity contribution in [1.82, 2.24) is 13.9 Å². The molecule has 1 aromatic heterocycles. The van der Waals surface area contributed by atoms with Gasteiger partial charge in [0.2, 0.25) is 0 Å². The summed E-state index contributed by atoms with van der Waals surface area (Å²) >= 11 is 0. The highest BCUT2D eigenvalue weighted by atomic mass is 16.2. The molecule has 2 heterocycles. The SMILES string of the molecule is Cc1cccc(-n2c(=O)n3n(c2=O)C(c2ccccc2)C=CC3c2ccccc2)c1. The van der Waals surface area contributed by atoms with E-state index in [-0.39, 0.29) is 23.5 Å². The lowest BCUT2D eigenvalue weighted by molar-refractivity contribution is 0.402. The Morgan fingerprint density at radius 3 is 1.60 bits per heavy atom. The summed E-state index contributed by atoms with van der Waals surface area (Å²) in [5, 5.41) is 0. The van der Waals surface area contributed by atoms with Crippen LogP contribution in [0.3, 0.4) is 0 Å². The molecule has 4 aromatic rings. The Hall–Kier alpha value is -3.86. The van der Waals surface area contributed by atoms with Crippen molar-refractivity contribution in [1.29, 1.82) is 0 Å². The van der Waals surface area contributed by atoms with Crippen molar-refractivity contribution in [2.45, 2.75) is 19.0 Å². The van der Waals surface area contributed by atoms with E-state index in [0.29, 0.717) is 5.69 Å². The van der Waals surface area contributed by atoms with E-state index in [9.17, 15) is 9.59 Å². The van der Waals surface area contributed by atoms with Gasteiger partial charge in [-0.1, -0.05) is 84.9 Å². The van der Waals surface area contributed by atoms with E-state index in [1.807, 2.05) is 97.9 Å². The summed E-state index contributed by atoms with van der Waals surface area (Å²) in [5.41, 5.74) is 2.80. The molecule has 0 spiro atoms. The summed E-state index contributed by atoms with van der Waals surface area (Å²) in [6, 6.07) is 26.3. The lowest BCUT2D eigenvalue weighted by Gasteiger charge is -2.27. The minimum atomic E-state index is -0.350. The van der Waals surface area contributed by atoms with E-state index in [0.717, 1.165) is 16.7 Å². The molecule has 0 saturated heterocycles. The van der Waals surface area contributed by atoms with Gasteiger partial charge in [0.15, 0.2) is 0 Å². The Kier molecular flexibility index (Phi) is 4.36. The molecule has 0 bridgehead atoms. The van der Waals surface area contributed by atoms with Crippen molar-refractivity contribution in [2.75, 3.05) is 0 Å². The minimum absolute atomic E-state index is 0.343. The van der Waals surface area contributed by atoms with E-state index in [4.69, 9.17) is 0 Å². The van der Waals surface area contributed by atoms with Gasteiger partial charge in [-0.05, 0) is 35.7 Å². The maximum atomic E-state index is 13.6. The monoisotopic (exact) mass is 395 g/mol. The molecular formula is C25H21N3O2. The largest absolute Gasteiger partial charge is 0.352 e. The predicted molar refractivity (Wildman–Crippen MR) is 117 cm³/mol. The van der Waals surface area contributed by atoms with E-state index in [1.165, 1.54) is 4.57 Å². The zero-order valence-electron chi connectivity index (χ0n) is 16.6. The molecule has 30 heavy (non-hydrogen) atoms. The number of hydrogen-bond donors (Lipinski definition) is 0. The first kappa shape index (κ1) is 18.2. The number of nitrogens with zero attached hydrogens (tertiary/aromatic N) is 3. The third-order valence-electron chi connectivity index (χ3n) is 5.55. The number of benzene rings is 3. The second-order valence-corrected chi connectivity index (χ2v) is 7.52. The number of fused-ring (bicyclic) bond motifs is 1. The van der Waals surface area contributed by atoms with Crippen molar-refractivity contribution in [3.05, 3.63) is 135 Å². The van der Waals surface area contributed by atoms with Crippen LogP contribution in [0.25, 0.3) is 5.69 Å². The van der Waals surface area contributed by atoms with Gasteiger partial charge in [0.05, 0.1) is 17.8 Å². The van der Waals surface area contributed by atoms with Gasteiger partial charge in [0, 0.05) is 0 Å². The van der Waals surface area contributed by atoms with Gasteiger partial charge in [0.1, 0.15) is 0 Å². The van der Waals surface area contributed by atoms with Gasteiger partial charge in [-0.25, -0.2) is 23.5 Å². The summed E-state index contributed by atoms with van der Waals surface area (Å²) in [5.74, 6) is 0. The van der Waals surface area contributed by atoms with Crippen LogP contribution in [-0.4, -0.2) is 13.9 Å². The average Bonchev–Trinajstić information content (AvgIpc) is 3.05. The Labute approximate surface area is 173 Å². The van der Waals surface area contributed by atoms with Crippen molar-refractivity contribution in [3.8, 4) is 5.69 Å². The van der Waals surface area contributed by atoms with Crippen LogP contribution in [0.4, 0.5) is 0 Å². The fraction of sp³-hybridized carbons (Fsp3) is 0.120.